The Kier molecular flexibility index (Phi) is 4.96. The van der Waals surface area contributed by atoms with Crippen molar-refractivity contribution in [3.63, 3.8) is 0 Å². The van der Waals surface area contributed by atoms with Gasteiger partial charge in [-0.3, -0.25) is 19.4 Å². The number of halogens is 1. The van der Waals surface area contributed by atoms with Gasteiger partial charge in [0, 0.05) is 22.4 Å². The Morgan fingerprint density at radius 1 is 1.12 bits per heavy atom. The number of carbonyl (C=O) groups excluding carboxylic acids is 3. The van der Waals surface area contributed by atoms with Gasteiger partial charge in [0.1, 0.15) is 5.15 Å². The van der Waals surface area contributed by atoms with Crippen molar-refractivity contribution in [2.75, 3.05) is 12.8 Å². The molecule has 6 nitrogen and oxygen atoms in total. The normalized spacial score (nSPS) is 14.9. The molecular weight excluding hydrogens is 362 g/mol. The smallest absolute Gasteiger partial charge is 0.263 e. The maximum Gasteiger partial charge on any atom is 0.334 e. The standard InChI is InChI=1S/C17H16ClN3O3S/c1-3-6-20-15(22)16(23)21(17(20)24)9-11-7-10-4-5-12(25-2)8-13(10)19-14(11)18/h4-5,7-8H,3,6,9H2,1-2H3. The molecule has 0 aliphatic carbocycles. The number of urea groups is 1. The number of thioether (sulfide) groups is 1. The zero-order valence-electron chi connectivity index (χ0n) is 13.8. The highest BCUT2D eigenvalue weighted by atomic mass is 35.5. The quantitative estimate of drug-likeness (QED) is 0.346. The minimum atomic E-state index is -0.827. The van der Waals surface area contributed by atoms with E-state index in [9.17, 15) is 14.4 Å². The Labute approximate surface area is 154 Å². The van der Waals surface area contributed by atoms with E-state index in [2.05, 4.69) is 4.98 Å². The fourth-order valence-corrected chi connectivity index (χ4v) is 3.32. The molecule has 25 heavy (non-hydrogen) atoms. The Morgan fingerprint density at radius 3 is 2.52 bits per heavy atom. The van der Waals surface area contributed by atoms with E-state index in [0.717, 1.165) is 25.6 Å². The summed E-state index contributed by atoms with van der Waals surface area (Å²) in [6.07, 6.45) is 2.56. The molecule has 2 heterocycles. The van der Waals surface area contributed by atoms with Crippen molar-refractivity contribution in [2.24, 2.45) is 0 Å². The molecule has 0 atom stereocenters. The minimum absolute atomic E-state index is 0.0737. The Balaban J connectivity index is 1.92. The molecule has 0 saturated carbocycles. The van der Waals surface area contributed by atoms with Gasteiger partial charge in [0.2, 0.25) is 0 Å². The number of imide groups is 2. The highest BCUT2D eigenvalue weighted by Crippen LogP contribution is 2.26. The third-order valence-electron chi connectivity index (χ3n) is 3.96. The van der Waals surface area contributed by atoms with Crippen molar-refractivity contribution in [1.82, 2.24) is 14.8 Å². The van der Waals surface area contributed by atoms with E-state index in [1.54, 1.807) is 17.8 Å². The van der Waals surface area contributed by atoms with E-state index in [1.165, 1.54) is 0 Å². The molecule has 1 aliphatic heterocycles. The van der Waals surface area contributed by atoms with E-state index in [4.69, 9.17) is 11.6 Å². The topological polar surface area (TPSA) is 70.6 Å². The molecule has 130 valence electrons. The van der Waals surface area contributed by atoms with Gasteiger partial charge in [0.05, 0.1) is 12.1 Å². The SMILES string of the molecule is CCCN1C(=O)C(=O)N(Cc2cc3ccc(SC)cc3nc2Cl)C1=O. The van der Waals surface area contributed by atoms with Crippen LogP contribution in [0.1, 0.15) is 18.9 Å². The number of amides is 4. The summed E-state index contributed by atoms with van der Waals surface area (Å²) in [6, 6.07) is 6.99. The number of fused-ring (bicyclic) bond motifs is 1. The molecule has 0 radical (unpaired) electrons. The number of nitrogens with zero attached hydrogens (tertiary/aromatic N) is 3. The van der Waals surface area contributed by atoms with Crippen molar-refractivity contribution in [3.8, 4) is 0 Å². The van der Waals surface area contributed by atoms with Crippen LogP contribution in [-0.2, 0) is 16.1 Å². The summed E-state index contributed by atoms with van der Waals surface area (Å²) in [5, 5.41) is 1.07. The van der Waals surface area contributed by atoms with E-state index >= 15 is 0 Å². The van der Waals surface area contributed by atoms with Crippen LogP contribution in [0.5, 0.6) is 0 Å². The summed E-state index contributed by atoms with van der Waals surface area (Å²) in [6.45, 7) is 1.98. The number of pyridine rings is 1. The number of benzene rings is 1. The molecule has 0 bridgehead atoms. The lowest BCUT2D eigenvalue weighted by Crippen LogP contribution is -2.33. The lowest BCUT2D eigenvalue weighted by molar-refractivity contribution is -0.143. The predicted octanol–water partition coefficient (Wildman–Crippen LogP) is 3.31. The molecule has 4 amide bonds. The van der Waals surface area contributed by atoms with Crippen LogP contribution in [0, 0.1) is 0 Å². The first-order chi connectivity index (χ1) is 12.0. The average Bonchev–Trinajstić information content (AvgIpc) is 2.80. The van der Waals surface area contributed by atoms with Crippen LogP contribution < -0.4 is 0 Å². The number of carbonyl (C=O) groups is 3. The molecule has 2 aromatic rings. The molecule has 1 saturated heterocycles. The fourth-order valence-electron chi connectivity index (χ4n) is 2.69. The first-order valence-corrected chi connectivity index (χ1v) is 9.37. The number of aromatic nitrogens is 1. The molecule has 1 fully saturated rings. The van der Waals surface area contributed by atoms with Gasteiger partial charge in [-0.15, -0.1) is 11.8 Å². The molecule has 0 spiro atoms. The van der Waals surface area contributed by atoms with E-state index in [1.807, 2.05) is 31.4 Å². The van der Waals surface area contributed by atoms with Crippen molar-refractivity contribution in [1.29, 1.82) is 0 Å². The summed E-state index contributed by atoms with van der Waals surface area (Å²) < 4.78 is 0. The second kappa shape index (κ2) is 7.01. The minimum Gasteiger partial charge on any atom is -0.263 e. The lowest BCUT2D eigenvalue weighted by atomic mass is 10.1. The summed E-state index contributed by atoms with van der Waals surface area (Å²) in [7, 11) is 0. The highest BCUT2D eigenvalue weighted by Gasteiger charge is 2.44. The molecule has 1 aromatic heterocycles. The molecule has 8 heteroatoms. The molecule has 0 unspecified atom stereocenters. The Morgan fingerprint density at radius 2 is 1.84 bits per heavy atom. The molecule has 1 aliphatic rings. The van der Waals surface area contributed by atoms with Crippen LogP contribution in [0.15, 0.2) is 29.2 Å². The number of rotatable bonds is 5. The Hall–Kier alpha value is -2.12. The van der Waals surface area contributed by atoms with Crippen LogP contribution in [0.2, 0.25) is 5.15 Å². The lowest BCUT2D eigenvalue weighted by Gasteiger charge is -2.16. The van der Waals surface area contributed by atoms with Crippen molar-refractivity contribution in [2.45, 2.75) is 24.8 Å². The first-order valence-electron chi connectivity index (χ1n) is 7.76. The van der Waals surface area contributed by atoms with Gasteiger partial charge >= 0.3 is 17.8 Å². The van der Waals surface area contributed by atoms with Gasteiger partial charge in [0.15, 0.2) is 0 Å². The highest BCUT2D eigenvalue weighted by molar-refractivity contribution is 7.98. The third-order valence-corrected chi connectivity index (χ3v) is 5.01. The first kappa shape index (κ1) is 17.7. The zero-order valence-corrected chi connectivity index (χ0v) is 15.4. The summed E-state index contributed by atoms with van der Waals surface area (Å²) in [4.78, 5) is 43.7. The maximum atomic E-state index is 12.3. The van der Waals surface area contributed by atoms with Crippen LogP contribution in [0.4, 0.5) is 4.79 Å². The second-order valence-corrected chi connectivity index (χ2v) is 6.87. The second-order valence-electron chi connectivity index (χ2n) is 5.63. The van der Waals surface area contributed by atoms with E-state index < -0.39 is 17.8 Å². The number of hydrogen-bond donors (Lipinski definition) is 0. The van der Waals surface area contributed by atoms with Crippen LogP contribution in [-0.4, -0.2) is 45.4 Å². The Bertz CT molecular complexity index is 887. The molecule has 3 rings (SSSR count). The molecule has 1 aromatic carbocycles. The summed E-state index contributed by atoms with van der Waals surface area (Å²) in [5.41, 5.74) is 1.27. The van der Waals surface area contributed by atoms with Crippen LogP contribution in [0.3, 0.4) is 0 Å². The van der Waals surface area contributed by atoms with Gasteiger partial charge in [-0.2, -0.15) is 0 Å². The third kappa shape index (κ3) is 3.21. The maximum absolute atomic E-state index is 12.3. The van der Waals surface area contributed by atoms with Crippen molar-refractivity contribution >= 4 is 52.1 Å². The van der Waals surface area contributed by atoms with E-state index in [-0.39, 0.29) is 18.2 Å². The monoisotopic (exact) mass is 377 g/mol. The fraction of sp³-hybridized carbons (Fsp3) is 0.294. The van der Waals surface area contributed by atoms with Gasteiger partial charge in [-0.05, 0) is 30.9 Å². The zero-order chi connectivity index (χ0) is 18.1. The van der Waals surface area contributed by atoms with Crippen molar-refractivity contribution < 1.29 is 14.4 Å². The summed E-state index contributed by atoms with van der Waals surface area (Å²) >= 11 is 7.84. The van der Waals surface area contributed by atoms with Gasteiger partial charge in [0.25, 0.3) is 0 Å². The van der Waals surface area contributed by atoms with E-state index in [0.29, 0.717) is 12.0 Å². The van der Waals surface area contributed by atoms with Gasteiger partial charge < -0.3 is 0 Å². The summed E-state index contributed by atoms with van der Waals surface area (Å²) in [5.74, 6) is -1.62. The van der Waals surface area contributed by atoms with Gasteiger partial charge in [-0.1, -0.05) is 24.6 Å². The predicted molar refractivity (Wildman–Crippen MR) is 96.5 cm³/mol. The van der Waals surface area contributed by atoms with Crippen LogP contribution >= 0.6 is 23.4 Å². The largest absolute Gasteiger partial charge is 0.334 e. The number of hydrogen-bond acceptors (Lipinski definition) is 5. The van der Waals surface area contributed by atoms with Gasteiger partial charge in [-0.25, -0.2) is 9.78 Å². The molecular formula is C17H16ClN3O3S. The van der Waals surface area contributed by atoms with Crippen molar-refractivity contribution in [3.05, 3.63) is 35.0 Å². The average molecular weight is 378 g/mol. The molecule has 0 N–H and O–H groups in total. The van der Waals surface area contributed by atoms with Crippen LogP contribution in [0.25, 0.3) is 10.9 Å².